The second-order valence-electron chi connectivity index (χ2n) is 2.06. The molecule has 50 valence electrons. The van der Waals surface area contributed by atoms with Gasteiger partial charge in [-0.15, -0.1) is 0 Å². The topological polar surface area (TPSA) is 15.8 Å². The molecule has 2 aromatic rings. The molecule has 0 aliphatic carbocycles. The molecule has 1 N–H and O–H groups in total. The number of H-pyrrole nitrogens is 1. The van der Waals surface area contributed by atoms with Gasteiger partial charge in [0.1, 0.15) is 0 Å². The molecule has 10 heavy (non-hydrogen) atoms. The van der Waals surface area contributed by atoms with Crippen LogP contribution in [0, 0.1) is 0 Å². The summed E-state index contributed by atoms with van der Waals surface area (Å²) in [4.78, 5) is 3.12. The van der Waals surface area contributed by atoms with Crippen LogP contribution in [0.2, 0.25) is 0 Å². The van der Waals surface area contributed by atoms with Crippen LogP contribution >= 0.6 is 0 Å². The zero-order chi connectivity index (χ0) is 6.10. The van der Waals surface area contributed by atoms with Crippen molar-refractivity contribution in [1.29, 1.82) is 0 Å². The van der Waals surface area contributed by atoms with E-state index < -0.39 is 0 Å². The Bertz CT molecular complexity index is 283. The Morgan fingerprint density at radius 3 is 2.60 bits per heavy atom. The third-order valence-corrected chi connectivity index (χ3v) is 1.46. The van der Waals surface area contributed by atoms with Crippen LogP contribution in [0.5, 0.6) is 0 Å². The van der Waals surface area contributed by atoms with Gasteiger partial charge in [0, 0.05) is 28.8 Å². The van der Waals surface area contributed by atoms with Gasteiger partial charge in [0.25, 0.3) is 0 Å². The van der Waals surface area contributed by atoms with Gasteiger partial charge in [-0.2, -0.15) is 0 Å². The van der Waals surface area contributed by atoms with E-state index in [1.165, 1.54) is 10.9 Å². The third-order valence-electron chi connectivity index (χ3n) is 1.46. The summed E-state index contributed by atoms with van der Waals surface area (Å²) in [5.74, 6) is 0. The Hall–Kier alpha value is -0.721. The van der Waals surface area contributed by atoms with Crippen LogP contribution < -0.4 is 0 Å². The van der Waals surface area contributed by atoms with E-state index in [9.17, 15) is 0 Å². The van der Waals surface area contributed by atoms with Crippen LogP contribution in [0.1, 0.15) is 0 Å². The van der Waals surface area contributed by atoms with Crippen molar-refractivity contribution in [2.75, 3.05) is 0 Å². The number of aromatic nitrogens is 1. The maximum atomic E-state index is 3.12. The summed E-state index contributed by atoms with van der Waals surface area (Å²) >= 11 is 0. The maximum Gasteiger partial charge on any atom is 0.0453 e. The van der Waals surface area contributed by atoms with E-state index in [0.29, 0.717) is 0 Å². The molecule has 1 nitrogen and oxygen atoms in total. The summed E-state index contributed by atoms with van der Waals surface area (Å²) in [7, 11) is 0. The summed E-state index contributed by atoms with van der Waals surface area (Å²) in [6.45, 7) is 0. The predicted molar refractivity (Wildman–Crippen MR) is 44.1 cm³/mol. The van der Waals surface area contributed by atoms with Gasteiger partial charge in [-0.1, -0.05) is 18.2 Å². The Balaban J connectivity index is 0.000000500. The molecule has 2 radical (unpaired) electrons. The number of aromatic amines is 1. The van der Waals surface area contributed by atoms with Gasteiger partial charge in [0.05, 0.1) is 0 Å². The summed E-state index contributed by atoms with van der Waals surface area (Å²) in [6, 6.07) is 10.3. The zero-order valence-corrected chi connectivity index (χ0v) is 7.09. The molecule has 0 aliphatic rings. The van der Waals surface area contributed by atoms with Crippen LogP contribution in [-0.2, 0) is 0 Å². The standard InChI is InChI=1S/C8H7N.Se/c1-2-4-8-7(3-1)5-6-9-8;/h1-6,9H;. The SMILES string of the molecule is [Se].c1ccc2[nH]ccc2c1. The van der Waals surface area contributed by atoms with Crippen molar-refractivity contribution in [3.8, 4) is 0 Å². The van der Waals surface area contributed by atoms with Gasteiger partial charge >= 0.3 is 0 Å². The van der Waals surface area contributed by atoms with E-state index in [4.69, 9.17) is 0 Å². The van der Waals surface area contributed by atoms with Gasteiger partial charge in [-0.25, -0.2) is 0 Å². The average Bonchev–Trinajstić information content (AvgIpc) is 2.33. The van der Waals surface area contributed by atoms with Crippen LogP contribution in [0.4, 0.5) is 0 Å². The predicted octanol–water partition coefficient (Wildman–Crippen LogP) is 1.79. The number of benzene rings is 1. The first-order chi connectivity index (χ1) is 4.47. The summed E-state index contributed by atoms with van der Waals surface area (Å²) in [5.41, 5.74) is 1.21. The molecule has 0 spiro atoms. The molecule has 0 bridgehead atoms. The maximum absolute atomic E-state index is 3.12. The molecular weight excluding hydrogens is 189 g/mol. The Labute approximate surface area is 69.9 Å². The van der Waals surface area contributed by atoms with Gasteiger partial charge < -0.3 is 4.98 Å². The van der Waals surface area contributed by atoms with E-state index in [1.54, 1.807) is 0 Å². The fourth-order valence-corrected chi connectivity index (χ4v) is 0.995. The molecular formula is C8H7NSe. The van der Waals surface area contributed by atoms with Gasteiger partial charge in [0.15, 0.2) is 0 Å². The van der Waals surface area contributed by atoms with Crippen molar-refractivity contribution in [3.05, 3.63) is 36.5 Å². The molecule has 0 aliphatic heterocycles. The van der Waals surface area contributed by atoms with Crippen molar-refractivity contribution in [2.24, 2.45) is 0 Å². The van der Waals surface area contributed by atoms with Crippen LogP contribution in [0.25, 0.3) is 10.9 Å². The molecule has 2 heteroatoms. The Kier molecular flexibility index (Phi) is 2.15. The molecule has 1 aromatic carbocycles. The van der Waals surface area contributed by atoms with E-state index in [-0.39, 0.29) is 17.1 Å². The van der Waals surface area contributed by atoms with Crippen LogP contribution in [0.3, 0.4) is 0 Å². The first-order valence-electron chi connectivity index (χ1n) is 2.99. The van der Waals surface area contributed by atoms with Crippen molar-refractivity contribution in [2.45, 2.75) is 0 Å². The third kappa shape index (κ3) is 1.08. The fraction of sp³-hybridized carbons (Fsp3) is 0. The largest absolute Gasteiger partial charge is 0.361 e. The normalized spacial score (nSPS) is 9.20. The molecule has 1 heterocycles. The monoisotopic (exact) mass is 197 g/mol. The molecule has 0 atom stereocenters. The first kappa shape index (κ1) is 7.39. The number of hydrogen-bond acceptors (Lipinski definition) is 0. The van der Waals surface area contributed by atoms with Crippen LogP contribution in [0.15, 0.2) is 36.5 Å². The quantitative estimate of drug-likeness (QED) is 0.618. The number of hydrogen-bond donors (Lipinski definition) is 1. The van der Waals surface area contributed by atoms with Crippen LogP contribution in [-0.4, -0.2) is 22.1 Å². The van der Waals surface area contributed by atoms with E-state index in [1.807, 2.05) is 18.3 Å². The number of fused-ring (bicyclic) bond motifs is 1. The molecule has 0 fully saturated rings. The van der Waals surface area contributed by atoms with Crippen molar-refractivity contribution in [3.63, 3.8) is 0 Å². The van der Waals surface area contributed by atoms with Crippen molar-refractivity contribution >= 4 is 28.0 Å². The molecule has 2 rings (SSSR count). The van der Waals surface area contributed by atoms with E-state index >= 15 is 0 Å². The number of rotatable bonds is 0. The molecule has 0 saturated heterocycles. The summed E-state index contributed by atoms with van der Waals surface area (Å²) in [6.07, 6.45) is 1.95. The summed E-state index contributed by atoms with van der Waals surface area (Å²) in [5, 5.41) is 1.28. The second kappa shape index (κ2) is 2.91. The minimum Gasteiger partial charge on any atom is -0.361 e. The molecule has 0 saturated carbocycles. The smallest absolute Gasteiger partial charge is 0.0453 e. The van der Waals surface area contributed by atoms with Gasteiger partial charge in [-0.3, -0.25) is 0 Å². The average molecular weight is 196 g/mol. The zero-order valence-electron chi connectivity index (χ0n) is 5.37. The van der Waals surface area contributed by atoms with E-state index in [0.717, 1.165) is 0 Å². The number of nitrogens with one attached hydrogen (secondary N) is 1. The molecule has 0 unspecified atom stereocenters. The van der Waals surface area contributed by atoms with E-state index in [2.05, 4.69) is 23.2 Å². The molecule has 1 aromatic heterocycles. The first-order valence-corrected chi connectivity index (χ1v) is 2.99. The molecule has 0 amide bonds. The minimum absolute atomic E-state index is 0. The number of para-hydroxylation sites is 1. The Morgan fingerprint density at radius 1 is 1.00 bits per heavy atom. The Morgan fingerprint density at radius 2 is 1.80 bits per heavy atom. The fourth-order valence-electron chi connectivity index (χ4n) is 0.995. The summed E-state index contributed by atoms with van der Waals surface area (Å²) < 4.78 is 0. The van der Waals surface area contributed by atoms with Crippen molar-refractivity contribution in [1.82, 2.24) is 4.98 Å². The van der Waals surface area contributed by atoms with Crippen molar-refractivity contribution < 1.29 is 0 Å². The minimum atomic E-state index is 0. The van der Waals surface area contributed by atoms with Gasteiger partial charge in [-0.05, 0) is 17.5 Å². The second-order valence-corrected chi connectivity index (χ2v) is 2.06. The van der Waals surface area contributed by atoms with Gasteiger partial charge in [0.2, 0.25) is 0 Å².